The van der Waals surface area contributed by atoms with Crippen LogP contribution >= 0.6 is 0 Å². The summed E-state index contributed by atoms with van der Waals surface area (Å²) in [5.41, 5.74) is -2.06. The number of alkyl halides is 3. The van der Waals surface area contributed by atoms with Crippen LogP contribution in [0, 0.1) is 5.82 Å². The van der Waals surface area contributed by atoms with Crippen molar-refractivity contribution < 1.29 is 27.1 Å². The first-order chi connectivity index (χ1) is 19.9. The highest BCUT2D eigenvalue weighted by molar-refractivity contribution is 6.07. The van der Waals surface area contributed by atoms with Crippen molar-refractivity contribution in [3.05, 3.63) is 70.0 Å². The number of rotatable bonds is 5. The smallest absolute Gasteiger partial charge is 0.375 e. The van der Waals surface area contributed by atoms with Gasteiger partial charge in [0, 0.05) is 68.4 Å². The number of carbonyl (C=O) groups is 1. The Morgan fingerprint density at radius 1 is 1.10 bits per heavy atom. The van der Waals surface area contributed by atoms with Crippen LogP contribution in [0.4, 0.5) is 34.8 Å². The van der Waals surface area contributed by atoms with Gasteiger partial charge in [0.05, 0.1) is 35.2 Å². The van der Waals surface area contributed by atoms with E-state index in [2.05, 4.69) is 25.1 Å². The number of anilines is 3. The number of carbonyl (C=O) groups excluding carboxylic acids is 1. The predicted octanol–water partition coefficient (Wildman–Crippen LogP) is 4.21. The first-order valence-electron chi connectivity index (χ1n) is 13.6. The quantitative estimate of drug-likeness (QED) is 0.432. The third-order valence-corrected chi connectivity index (χ3v) is 7.73. The molecule has 5 rings (SSSR count). The Bertz CT molecular complexity index is 1510. The zero-order chi connectivity index (χ0) is 30.2. The molecule has 0 radical (unpaired) electrons. The standard InChI is InChI=1S/C29H32F4N6O3/c1-17-15-38(7-6-37(17)3)25-12-23(30)20(19-4-5-26(34-13-19)39-8-9-42-18(2)16-39)10-24(25)36-28(41)21-14-35-27(40)11-22(21)29(31,32)33/h4-5,10-14,17-18H,6-9,15-16H2,1-3H3,(H,35,40)(H,36,41)/t17-,18-/m0/s1. The van der Waals surface area contributed by atoms with Crippen LogP contribution in [0.25, 0.3) is 11.1 Å². The van der Waals surface area contributed by atoms with Crippen LogP contribution in [0.1, 0.15) is 29.8 Å². The lowest BCUT2D eigenvalue weighted by atomic mass is 10.0. The van der Waals surface area contributed by atoms with Crippen molar-refractivity contribution in [3.63, 3.8) is 0 Å². The maximum atomic E-state index is 15.7. The van der Waals surface area contributed by atoms with E-state index in [0.717, 1.165) is 6.20 Å². The Balaban J connectivity index is 1.52. The maximum absolute atomic E-state index is 15.7. The van der Waals surface area contributed by atoms with Crippen molar-refractivity contribution in [1.82, 2.24) is 14.9 Å². The molecule has 2 atom stereocenters. The number of H-pyrrole nitrogens is 1. The van der Waals surface area contributed by atoms with Crippen molar-refractivity contribution in [2.24, 2.45) is 0 Å². The van der Waals surface area contributed by atoms with Crippen LogP contribution in [0.3, 0.4) is 0 Å². The molecule has 0 unspecified atom stereocenters. The molecule has 42 heavy (non-hydrogen) atoms. The average molecular weight is 589 g/mol. The number of halogens is 4. The average Bonchev–Trinajstić information content (AvgIpc) is 2.95. The van der Waals surface area contributed by atoms with Gasteiger partial charge in [-0.3, -0.25) is 9.59 Å². The van der Waals surface area contributed by atoms with Crippen molar-refractivity contribution in [3.8, 4) is 11.1 Å². The molecule has 4 heterocycles. The lowest BCUT2D eigenvalue weighted by molar-refractivity contribution is -0.138. The number of likely N-dealkylation sites (N-methyl/N-ethyl adjacent to an activating group) is 1. The molecule has 2 fully saturated rings. The fourth-order valence-corrected chi connectivity index (χ4v) is 5.26. The SMILES string of the molecule is C[C@H]1CN(c2ccc(-c3cc(NC(=O)c4c[nH]c(=O)cc4C(F)(F)F)c(N4CCN(C)[C@@H](C)C4)cc3F)cn2)CCO1. The number of aromatic amines is 1. The topological polar surface area (TPSA) is 93.8 Å². The van der Waals surface area contributed by atoms with Gasteiger partial charge in [-0.1, -0.05) is 0 Å². The monoisotopic (exact) mass is 588 g/mol. The molecule has 2 aliphatic heterocycles. The summed E-state index contributed by atoms with van der Waals surface area (Å²) in [6.45, 7) is 7.58. The minimum Gasteiger partial charge on any atom is -0.375 e. The number of pyridine rings is 2. The molecule has 2 saturated heterocycles. The van der Waals surface area contributed by atoms with Crippen LogP contribution in [-0.2, 0) is 10.9 Å². The Morgan fingerprint density at radius 2 is 1.88 bits per heavy atom. The fourth-order valence-electron chi connectivity index (χ4n) is 5.26. The van der Waals surface area contributed by atoms with Crippen molar-refractivity contribution in [2.45, 2.75) is 32.2 Å². The van der Waals surface area contributed by atoms with Gasteiger partial charge in [0.15, 0.2) is 0 Å². The Morgan fingerprint density at radius 3 is 2.55 bits per heavy atom. The normalized spacial score (nSPS) is 20.1. The molecule has 0 spiro atoms. The number of nitrogens with zero attached hydrogens (tertiary/aromatic N) is 4. The Hall–Kier alpha value is -3.97. The largest absolute Gasteiger partial charge is 0.417 e. The number of ether oxygens (including phenoxy) is 1. The molecule has 0 saturated carbocycles. The number of hydrogen-bond donors (Lipinski definition) is 2. The van der Waals surface area contributed by atoms with Gasteiger partial charge in [-0.05, 0) is 45.2 Å². The van der Waals surface area contributed by atoms with Crippen LogP contribution in [0.5, 0.6) is 0 Å². The van der Waals surface area contributed by atoms with Crippen molar-refractivity contribution in [1.29, 1.82) is 0 Å². The summed E-state index contributed by atoms with van der Waals surface area (Å²) in [6, 6.07) is 6.65. The van der Waals surface area contributed by atoms with E-state index in [4.69, 9.17) is 4.74 Å². The Kier molecular flexibility index (Phi) is 8.24. The van der Waals surface area contributed by atoms with E-state index in [1.807, 2.05) is 25.8 Å². The number of hydrogen-bond acceptors (Lipinski definition) is 7. The summed E-state index contributed by atoms with van der Waals surface area (Å²) < 4.78 is 62.3. The third-order valence-electron chi connectivity index (χ3n) is 7.73. The lowest BCUT2D eigenvalue weighted by Crippen LogP contribution is -2.50. The van der Waals surface area contributed by atoms with E-state index in [1.54, 1.807) is 12.1 Å². The van der Waals surface area contributed by atoms with E-state index >= 15 is 4.39 Å². The minimum absolute atomic E-state index is 0.0500. The first-order valence-corrected chi connectivity index (χ1v) is 13.6. The van der Waals surface area contributed by atoms with E-state index in [9.17, 15) is 22.8 Å². The van der Waals surface area contributed by atoms with Gasteiger partial charge in [0.2, 0.25) is 5.56 Å². The number of piperazine rings is 1. The highest BCUT2D eigenvalue weighted by Gasteiger charge is 2.36. The van der Waals surface area contributed by atoms with Crippen LogP contribution in [0.2, 0.25) is 0 Å². The Labute approximate surface area is 240 Å². The number of benzene rings is 1. The number of amides is 1. The molecule has 1 amide bonds. The van der Waals surface area contributed by atoms with Crippen LogP contribution < -0.4 is 20.7 Å². The van der Waals surface area contributed by atoms with Gasteiger partial charge in [0.25, 0.3) is 5.91 Å². The summed E-state index contributed by atoms with van der Waals surface area (Å²) in [7, 11) is 1.97. The molecule has 224 valence electrons. The van der Waals surface area contributed by atoms with Gasteiger partial charge in [-0.2, -0.15) is 13.2 Å². The predicted molar refractivity (Wildman–Crippen MR) is 152 cm³/mol. The highest BCUT2D eigenvalue weighted by atomic mass is 19.4. The molecule has 2 aliphatic rings. The maximum Gasteiger partial charge on any atom is 0.417 e. The van der Waals surface area contributed by atoms with Gasteiger partial charge in [0.1, 0.15) is 11.6 Å². The van der Waals surface area contributed by atoms with Gasteiger partial charge >= 0.3 is 6.18 Å². The van der Waals surface area contributed by atoms with E-state index < -0.39 is 34.6 Å². The van der Waals surface area contributed by atoms with Gasteiger partial charge in [-0.25, -0.2) is 9.37 Å². The van der Waals surface area contributed by atoms with Gasteiger partial charge in [-0.15, -0.1) is 0 Å². The van der Waals surface area contributed by atoms with E-state index in [1.165, 1.54) is 18.3 Å². The van der Waals surface area contributed by atoms with Crippen molar-refractivity contribution in [2.75, 3.05) is 61.5 Å². The summed E-state index contributed by atoms with van der Waals surface area (Å²) >= 11 is 0. The second-order valence-corrected chi connectivity index (χ2v) is 10.7. The molecular formula is C29H32F4N6O3. The van der Waals surface area contributed by atoms with Gasteiger partial charge < -0.3 is 29.7 Å². The second-order valence-electron chi connectivity index (χ2n) is 10.7. The third kappa shape index (κ3) is 6.26. The summed E-state index contributed by atoms with van der Waals surface area (Å²) in [4.78, 5) is 37.6. The molecular weight excluding hydrogens is 556 g/mol. The first kappa shape index (κ1) is 29.5. The number of nitrogens with one attached hydrogen (secondary N) is 2. The number of aromatic nitrogens is 2. The summed E-state index contributed by atoms with van der Waals surface area (Å²) in [5, 5.41) is 2.56. The molecule has 1 aromatic carbocycles. The van der Waals surface area contributed by atoms with E-state index in [0.29, 0.717) is 62.5 Å². The zero-order valence-corrected chi connectivity index (χ0v) is 23.5. The van der Waals surface area contributed by atoms with Crippen molar-refractivity contribution >= 4 is 23.1 Å². The fraction of sp³-hybridized carbons (Fsp3) is 0.414. The molecule has 2 N–H and O–H groups in total. The molecule has 3 aromatic rings. The molecule has 0 aliphatic carbocycles. The molecule has 0 bridgehead atoms. The second kappa shape index (κ2) is 11.7. The van der Waals surface area contributed by atoms with E-state index in [-0.39, 0.29) is 23.4 Å². The van der Waals surface area contributed by atoms with Crippen LogP contribution in [0.15, 0.2) is 47.5 Å². The van der Waals surface area contributed by atoms with Crippen LogP contribution in [-0.4, -0.2) is 79.3 Å². The summed E-state index contributed by atoms with van der Waals surface area (Å²) in [5.74, 6) is -0.942. The molecule has 13 heteroatoms. The zero-order valence-electron chi connectivity index (χ0n) is 23.5. The molecule has 9 nitrogen and oxygen atoms in total. The number of morpholine rings is 1. The summed E-state index contributed by atoms with van der Waals surface area (Å²) in [6.07, 6.45) is -2.62. The highest BCUT2D eigenvalue weighted by Crippen LogP contribution is 2.37. The minimum atomic E-state index is -4.93. The lowest BCUT2D eigenvalue weighted by Gasteiger charge is -2.39. The molecule has 2 aromatic heterocycles.